The van der Waals surface area contributed by atoms with Crippen molar-refractivity contribution in [3.8, 4) is 0 Å². The number of β-amino-alcohol motifs (C(OH)–C–C–N with tert-alkyl or cyclic N) is 1. The fourth-order valence-corrected chi connectivity index (χ4v) is 3.00. The molecule has 2 aromatic rings. The van der Waals surface area contributed by atoms with Gasteiger partial charge in [-0.05, 0) is 36.6 Å². The van der Waals surface area contributed by atoms with Crippen LogP contribution >= 0.6 is 0 Å². The molecule has 1 amide bonds. The van der Waals surface area contributed by atoms with E-state index in [1.165, 1.54) is 0 Å². The average Bonchev–Trinajstić information content (AvgIpc) is 2.95. The van der Waals surface area contributed by atoms with Crippen LogP contribution in [0.15, 0.2) is 48.9 Å². The number of carbonyl (C=O) groups is 1. The molecule has 1 saturated heterocycles. The lowest BCUT2D eigenvalue weighted by Crippen LogP contribution is -2.29. The van der Waals surface area contributed by atoms with Crippen LogP contribution in [0.4, 0.5) is 0 Å². The molecule has 1 fully saturated rings. The maximum Gasteiger partial charge on any atom is 0.223 e. The van der Waals surface area contributed by atoms with Crippen molar-refractivity contribution >= 4 is 5.91 Å². The van der Waals surface area contributed by atoms with Crippen LogP contribution in [0.3, 0.4) is 0 Å². The normalized spacial score (nSPS) is 20.7. The zero-order valence-corrected chi connectivity index (χ0v) is 13.0. The second kappa shape index (κ2) is 7.33. The Labute approximate surface area is 136 Å². The largest absolute Gasteiger partial charge is 0.391 e. The van der Waals surface area contributed by atoms with E-state index in [1.807, 2.05) is 30.3 Å². The summed E-state index contributed by atoms with van der Waals surface area (Å²) in [6.07, 6.45) is 6.64. The Balaban J connectivity index is 1.52. The molecule has 1 aliphatic rings. The highest BCUT2D eigenvalue weighted by molar-refractivity contribution is 5.76. The molecule has 0 spiro atoms. The van der Waals surface area contributed by atoms with Gasteiger partial charge in [-0.2, -0.15) is 0 Å². The van der Waals surface area contributed by atoms with Crippen molar-refractivity contribution in [3.05, 3.63) is 60.2 Å². The molecular formula is C18H21N3O2. The van der Waals surface area contributed by atoms with Crippen LogP contribution in [0, 0.1) is 5.92 Å². The molecule has 2 atom stereocenters. The van der Waals surface area contributed by atoms with E-state index in [9.17, 15) is 9.90 Å². The number of aryl methyl sites for hydroxylation is 1. The van der Waals surface area contributed by atoms with Gasteiger partial charge in [0.2, 0.25) is 5.91 Å². The monoisotopic (exact) mass is 311 g/mol. The Morgan fingerprint density at radius 3 is 2.87 bits per heavy atom. The van der Waals surface area contributed by atoms with E-state index in [0.717, 1.165) is 11.3 Å². The summed E-state index contributed by atoms with van der Waals surface area (Å²) in [4.78, 5) is 22.5. The average molecular weight is 311 g/mol. The first-order valence-electron chi connectivity index (χ1n) is 7.97. The van der Waals surface area contributed by atoms with Crippen molar-refractivity contribution in [2.45, 2.75) is 25.4 Å². The smallest absolute Gasteiger partial charge is 0.223 e. The van der Waals surface area contributed by atoms with Gasteiger partial charge < -0.3 is 10.0 Å². The lowest BCUT2D eigenvalue weighted by molar-refractivity contribution is -0.130. The molecule has 1 aliphatic heterocycles. The van der Waals surface area contributed by atoms with Crippen LogP contribution in [0.1, 0.15) is 17.7 Å². The lowest BCUT2D eigenvalue weighted by atomic mass is 10.00. The van der Waals surface area contributed by atoms with Crippen molar-refractivity contribution in [1.82, 2.24) is 14.9 Å². The van der Waals surface area contributed by atoms with E-state index in [0.29, 0.717) is 32.4 Å². The number of likely N-dealkylation sites (tertiary alicyclic amines) is 1. The molecule has 23 heavy (non-hydrogen) atoms. The number of amides is 1. The minimum Gasteiger partial charge on any atom is -0.391 e. The summed E-state index contributed by atoms with van der Waals surface area (Å²) in [6, 6.07) is 9.63. The molecule has 120 valence electrons. The van der Waals surface area contributed by atoms with Gasteiger partial charge in [-0.25, -0.2) is 0 Å². The predicted molar refractivity (Wildman–Crippen MR) is 86.6 cm³/mol. The number of aromatic nitrogens is 2. The maximum atomic E-state index is 12.3. The van der Waals surface area contributed by atoms with Gasteiger partial charge in [0.05, 0.1) is 6.10 Å². The minimum atomic E-state index is -0.473. The number of pyridine rings is 2. The van der Waals surface area contributed by atoms with Crippen molar-refractivity contribution in [1.29, 1.82) is 0 Å². The van der Waals surface area contributed by atoms with E-state index >= 15 is 0 Å². The molecule has 5 nitrogen and oxygen atoms in total. The van der Waals surface area contributed by atoms with E-state index in [1.54, 1.807) is 23.5 Å². The highest BCUT2D eigenvalue weighted by atomic mass is 16.3. The molecule has 3 heterocycles. The van der Waals surface area contributed by atoms with Crippen LogP contribution in [0.25, 0.3) is 0 Å². The molecule has 0 bridgehead atoms. The van der Waals surface area contributed by atoms with Gasteiger partial charge in [-0.15, -0.1) is 0 Å². The van der Waals surface area contributed by atoms with Crippen LogP contribution < -0.4 is 0 Å². The third-order valence-electron chi connectivity index (χ3n) is 4.31. The molecule has 0 aromatic carbocycles. The van der Waals surface area contributed by atoms with Crippen molar-refractivity contribution < 1.29 is 9.90 Å². The molecule has 1 N–H and O–H groups in total. The maximum absolute atomic E-state index is 12.3. The van der Waals surface area contributed by atoms with Crippen LogP contribution in [-0.4, -0.2) is 45.1 Å². The Bertz CT molecular complexity index is 633. The van der Waals surface area contributed by atoms with Gasteiger partial charge >= 0.3 is 0 Å². The second-order valence-electron chi connectivity index (χ2n) is 6.01. The Kier molecular flexibility index (Phi) is 4.98. The molecule has 0 unspecified atom stereocenters. The number of hydrogen-bond acceptors (Lipinski definition) is 4. The fourth-order valence-electron chi connectivity index (χ4n) is 3.00. The van der Waals surface area contributed by atoms with Gasteiger partial charge in [-0.1, -0.05) is 12.1 Å². The topological polar surface area (TPSA) is 66.3 Å². The molecule has 2 aromatic heterocycles. The van der Waals surface area contributed by atoms with E-state index in [4.69, 9.17) is 0 Å². The second-order valence-corrected chi connectivity index (χ2v) is 6.01. The minimum absolute atomic E-state index is 0.0623. The molecular weight excluding hydrogens is 290 g/mol. The summed E-state index contributed by atoms with van der Waals surface area (Å²) in [5, 5.41) is 10.2. The fraction of sp³-hybridized carbons (Fsp3) is 0.389. The van der Waals surface area contributed by atoms with Crippen molar-refractivity contribution in [2.24, 2.45) is 5.92 Å². The van der Waals surface area contributed by atoms with Crippen LogP contribution in [-0.2, 0) is 17.6 Å². The molecule has 0 saturated carbocycles. The Morgan fingerprint density at radius 2 is 2.13 bits per heavy atom. The molecule has 0 radical (unpaired) electrons. The number of carbonyl (C=O) groups excluding carboxylic acids is 1. The summed E-state index contributed by atoms with van der Waals surface area (Å²) >= 11 is 0. The van der Waals surface area contributed by atoms with E-state index in [2.05, 4.69) is 9.97 Å². The SMILES string of the molecule is O=C(CCc1cccnc1)N1C[C@@H](Cc2ccccn2)[C@H](O)C1. The number of nitrogens with zero attached hydrogens (tertiary/aromatic N) is 3. The summed E-state index contributed by atoms with van der Waals surface area (Å²) in [5.41, 5.74) is 2.02. The molecule has 5 heteroatoms. The molecule has 3 rings (SSSR count). The summed E-state index contributed by atoms with van der Waals surface area (Å²) in [6.45, 7) is 1.02. The number of hydrogen-bond donors (Lipinski definition) is 1. The predicted octanol–water partition coefficient (Wildman–Crippen LogP) is 1.47. The van der Waals surface area contributed by atoms with E-state index in [-0.39, 0.29) is 11.8 Å². The quantitative estimate of drug-likeness (QED) is 0.908. The molecule has 0 aliphatic carbocycles. The zero-order valence-electron chi connectivity index (χ0n) is 13.0. The number of rotatable bonds is 5. The Hall–Kier alpha value is -2.27. The summed E-state index contributed by atoms with van der Waals surface area (Å²) in [7, 11) is 0. The first kappa shape index (κ1) is 15.6. The van der Waals surface area contributed by atoms with Crippen molar-refractivity contribution in [3.63, 3.8) is 0 Å². The summed E-state index contributed by atoms with van der Waals surface area (Å²) < 4.78 is 0. The van der Waals surface area contributed by atoms with Crippen molar-refractivity contribution in [2.75, 3.05) is 13.1 Å². The van der Waals surface area contributed by atoms with Gasteiger partial charge in [-0.3, -0.25) is 14.8 Å². The van der Waals surface area contributed by atoms with Crippen LogP contribution in [0.5, 0.6) is 0 Å². The van der Waals surface area contributed by atoms with Gasteiger partial charge in [0, 0.05) is 49.7 Å². The number of aliphatic hydroxyl groups is 1. The first-order chi connectivity index (χ1) is 11.2. The van der Waals surface area contributed by atoms with Gasteiger partial charge in [0.25, 0.3) is 0 Å². The first-order valence-corrected chi connectivity index (χ1v) is 7.97. The number of aliphatic hydroxyl groups excluding tert-OH is 1. The highest BCUT2D eigenvalue weighted by Crippen LogP contribution is 2.21. The third-order valence-corrected chi connectivity index (χ3v) is 4.31. The summed E-state index contributed by atoms with van der Waals surface area (Å²) in [5.74, 6) is 0.156. The van der Waals surface area contributed by atoms with Gasteiger partial charge in [0.1, 0.15) is 0 Å². The lowest BCUT2D eigenvalue weighted by Gasteiger charge is -2.16. The zero-order chi connectivity index (χ0) is 16.1. The highest BCUT2D eigenvalue weighted by Gasteiger charge is 2.33. The third kappa shape index (κ3) is 4.13. The van der Waals surface area contributed by atoms with E-state index < -0.39 is 6.10 Å². The standard InChI is InChI=1S/C18H21N3O2/c22-17-13-21(12-15(17)10-16-5-1-2-9-20-16)18(23)7-6-14-4-3-8-19-11-14/h1-5,8-9,11,15,17,22H,6-7,10,12-13H2/t15-,17-/m1/s1. The Morgan fingerprint density at radius 1 is 1.22 bits per heavy atom. The van der Waals surface area contributed by atoms with Gasteiger partial charge in [0.15, 0.2) is 0 Å². The van der Waals surface area contributed by atoms with Crippen LogP contribution in [0.2, 0.25) is 0 Å².